The molecule has 0 N–H and O–H groups in total. The molecule has 164 valence electrons. The maximum absolute atomic E-state index is 14.0. The van der Waals surface area contributed by atoms with Gasteiger partial charge < -0.3 is 19.6 Å². The Labute approximate surface area is 182 Å². The zero-order valence-corrected chi connectivity index (χ0v) is 18.2. The number of piperazine rings is 2. The molecule has 31 heavy (non-hydrogen) atoms. The smallest absolute Gasteiger partial charge is 0.312 e. The molecule has 0 spiro atoms. The minimum absolute atomic E-state index is 0.264. The summed E-state index contributed by atoms with van der Waals surface area (Å²) >= 11 is 0. The highest BCUT2D eigenvalue weighted by atomic mass is 19.1. The van der Waals surface area contributed by atoms with Crippen LogP contribution in [-0.4, -0.2) is 74.0 Å². The summed E-state index contributed by atoms with van der Waals surface area (Å²) in [6.07, 6.45) is 0. The third-order valence-electron chi connectivity index (χ3n) is 6.43. The van der Waals surface area contributed by atoms with Gasteiger partial charge in [-0.3, -0.25) is 9.59 Å². The van der Waals surface area contributed by atoms with Crippen LogP contribution in [0, 0.1) is 19.7 Å². The van der Waals surface area contributed by atoms with E-state index in [0.717, 1.165) is 0 Å². The highest BCUT2D eigenvalue weighted by molar-refractivity contribution is 6.35. The minimum Gasteiger partial charge on any atom is -0.368 e. The van der Waals surface area contributed by atoms with Gasteiger partial charge in [-0.05, 0) is 43.2 Å². The van der Waals surface area contributed by atoms with E-state index in [-0.39, 0.29) is 5.82 Å². The van der Waals surface area contributed by atoms with Gasteiger partial charge in [0.25, 0.3) is 0 Å². The number of hydrogen-bond acceptors (Lipinski definition) is 4. The average molecular weight is 425 g/mol. The zero-order valence-electron chi connectivity index (χ0n) is 18.2. The van der Waals surface area contributed by atoms with E-state index in [9.17, 15) is 14.0 Å². The zero-order chi connectivity index (χ0) is 22.0. The monoisotopic (exact) mass is 424 g/mol. The van der Waals surface area contributed by atoms with Gasteiger partial charge in [0.2, 0.25) is 0 Å². The summed E-state index contributed by atoms with van der Waals surface area (Å²) in [5, 5.41) is 0. The van der Waals surface area contributed by atoms with Crippen LogP contribution in [0.15, 0.2) is 42.5 Å². The number of rotatable bonds is 2. The number of carbonyl (C=O) groups excluding carboxylic acids is 2. The van der Waals surface area contributed by atoms with E-state index in [1.165, 1.54) is 22.9 Å². The third kappa shape index (κ3) is 4.36. The quantitative estimate of drug-likeness (QED) is 0.695. The lowest BCUT2D eigenvalue weighted by molar-refractivity contribution is -0.152. The molecule has 2 aromatic rings. The fourth-order valence-corrected chi connectivity index (χ4v) is 4.36. The fraction of sp³-hybridized carbons (Fsp3) is 0.417. The summed E-state index contributed by atoms with van der Waals surface area (Å²) in [6.45, 7) is 8.58. The van der Waals surface area contributed by atoms with Crippen LogP contribution < -0.4 is 9.80 Å². The van der Waals surface area contributed by atoms with Crippen molar-refractivity contribution in [3.05, 3.63) is 59.4 Å². The van der Waals surface area contributed by atoms with Crippen LogP contribution in [0.3, 0.4) is 0 Å². The number of halogens is 1. The van der Waals surface area contributed by atoms with Crippen LogP contribution in [0.25, 0.3) is 0 Å². The molecule has 2 heterocycles. The standard InChI is InChI=1S/C24H29FN4O2/c1-18-6-5-9-21(19(18)2)26-10-14-28(15-11-26)23(30)24(31)29-16-12-27(13-17-29)22-8-4-3-7-20(22)25/h3-9H,10-17H2,1-2H3. The lowest BCUT2D eigenvalue weighted by Gasteiger charge is -2.39. The molecule has 0 aromatic heterocycles. The molecule has 2 aromatic carbocycles. The maximum atomic E-state index is 14.0. The van der Waals surface area contributed by atoms with Crippen LogP contribution in [-0.2, 0) is 9.59 Å². The van der Waals surface area contributed by atoms with E-state index in [2.05, 4.69) is 36.9 Å². The molecule has 4 rings (SSSR count). The summed E-state index contributed by atoms with van der Waals surface area (Å²) in [7, 11) is 0. The normalized spacial score (nSPS) is 17.1. The predicted octanol–water partition coefficient (Wildman–Crippen LogP) is 2.44. The van der Waals surface area contributed by atoms with Gasteiger partial charge in [0.05, 0.1) is 5.69 Å². The maximum Gasteiger partial charge on any atom is 0.312 e. The second kappa shape index (κ2) is 8.96. The summed E-state index contributed by atoms with van der Waals surface area (Å²) in [4.78, 5) is 33.1. The molecular weight excluding hydrogens is 395 g/mol. The molecule has 0 unspecified atom stereocenters. The Morgan fingerprint density at radius 1 is 0.677 bits per heavy atom. The van der Waals surface area contributed by atoms with Crippen LogP contribution in [0.5, 0.6) is 0 Å². The number of aryl methyl sites for hydroxylation is 1. The SMILES string of the molecule is Cc1cccc(N2CCN(C(=O)C(=O)N3CCN(c4ccccc4F)CC3)CC2)c1C. The topological polar surface area (TPSA) is 47.1 Å². The second-order valence-electron chi connectivity index (χ2n) is 8.23. The molecule has 0 radical (unpaired) electrons. The molecular formula is C24H29FN4O2. The van der Waals surface area contributed by atoms with Crippen molar-refractivity contribution in [2.45, 2.75) is 13.8 Å². The van der Waals surface area contributed by atoms with E-state index < -0.39 is 11.8 Å². The Balaban J connectivity index is 1.31. The number of para-hydroxylation sites is 1. The van der Waals surface area contributed by atoms with Crippen molar-refractivity contribution in [2.24, 2.45) is 0 Å². The van der Waals surface area contributed by atoms with Gasteiger partial charge in [-0.2, -0.15) is 0 Å². The van der Waals surface area contributed by atoms with Gasteiger partial charge in [-0.25, -0.2) is 4.39 Å². The highest BCUT2D eigenvalue weighted by Gasteiger charge is 2.32. The number of benzene rings is 2. The van der Waals surface area contributed by atoms with Crippen molar-refractivity contribution in [2.75, 3.05) is 62.2 Å². The van der Waals surface area contributed by atoms with Crippen molar-refractivity contribution in [3.8, 4) is 0 Å². The molecule has 2 aliphatic heterocycles. The van der Waals surface area contributed by atoms with Crippen molar-refractivity contribution >= 4 is 23.2 Å². The first-order valence-electron chi connectivity index (χ1n) is 10.8. The average Bonchev–Trinajstić information content (AvgIpc) is 2.80. The van der Waals surface area contributed by atoms with E-state index in [0.29, 0.717) is 58.0 Å². The summed E-state index contributed by atoms with van der Waals surface area (Å²) < 4.78 is 14.0. The first kappa shape index (κ1) is 21.2. The van der Waals surface area contributed by atoms with Crippen LogP contribution in [0.2, 0.25) is 0 Å². The molecule has 0 saturated carbocycles. The Morgan fingerprint density at radius 3 is 1.71 bits per heavy atom. The second-order valence-corrected chi connectivity index (χ2v) is 8.23. The van der Waals surface area contributed by atoms with Crippen LogP contribution in [0.1, 0.15) is 11.1 Å². The first-order chi connectivity index (χ1) is 15.0. The summed E-state index contributed by atoms with van der Waals surface area (Å²) in [6, 6.07) is 12.9. The Bertz CT molecular complexity index is 964. The largest absolute Gasteiger partial charge is 0.368 e. The molecule has 0 atom stereocenters. The van der Waals surface area contributed by atoms with E-state index in [1.807, 2.05) is 4.90 Å². The Morgan fingerprint density at radius 2 is 1.16 bits per heavy atom. The molecule has 0 aliphatic carbocycles. The molecule has 2 saturated heterocycles. The van der Waals surface area contributed by atoms with E-state index in [4.69, 9.17) is 0 Å². The van der Waals surface area contributed by atoms with Crippen molar-refractivity contribution in [1.82, 2.24) is 9.80 Å². The lowest BCUT2D eigenvalue weighted by Crippen LogP contribution is -2.56. The highest BCUT2D eigenvalue weighted by Crippen LogP contribution is 2.24. The lowest BCUT2D eigenvalue weighted by atomic mass is 10.1. The third-order valence-corrected chi connectivity index (χ3v) is 6.43. The molecule has 7 heteroatoms. The van der Waals surface area contributed by atoms with E-state index in [1.54, 1.807) is 28.0 Å². The number of carbonyl (C=O) groups is 2. The van der Waals surface area contributed by atoms with Crippen molar-refractivity contribution < 1.29 is 14.0 Å². The molecule has 2 amide bonds. The molecule has 6 nitrogen and oxygen atoms in total. The Kier molecular flexibility index (Phi) is 6.11. The molecule has 2 aliphatic rings. The van der Waals surface area contributed by atoms with Crippen molar-refractivity contribution in [1.29, 1.82) is 0 Å². The number of hydrogen-bond donors (Lipinski definition) is 0. The van der Waals surface area contributed by atoms with Crippen LogP contribution >= 0.6 is 0 Å². The predicted molar refractivity (Wildman–Crippen MR) is 120 cm³/mol. The number of anilines is 2. The van der Waals surface area contributed by atoms with Gasteiger partial charge in [0.15, 0.2) is 0 Å². The van der Waals surface area contributed by atoms with Gasteiger partial charge in [0, 0.05) is 58.0 Å². The fourth-order valence-electron chi connectivity index (χ4n) is 4.36. The molecule has 2 fully saturated rings. The van der Waals surface area contributed by atoms with Gasteiger partial charge in [0.1, 0.15) is 5.82 Å². The minimum atomic E-state index is -0.451. The van der Waals surface area contributed by atoms with E-state index >= 15 is 0 Å². The number of amides is 2. The first-order valence-corrected chi connectivity index (χ1v) is 10.8. The van der Waals surface area contributed by atoms with Gasteiger partial charge >= 0.3 is 11.8 Å². The summed E-state index contributed by atoms with van der Waals surface area (Å²) in [5.41, 5.74) is 4.25. The van der Waals surface area contributed by atoms with Crippen LogP contribution in [0.4, 0.5) is 15.8 Å². The van der Waals surface area contributed by atoms with Crippen molar-refractivity contribution in [3.63, 3.8) is 0 Å². The Hall–Kier alpha value is -3.09. The van der Waals surface area contributed by atoms with Gasteiger partial charge in [-0.1, -0.05) is 24.3 Å². The summed E-state index contributed by atoms with van der Waals surface area (Å²) in [5.74, 6) is -1.15. The van der Waals surface area contributed by atoms with Gasteiger partial charge in [-0.15, -0.1) is 0 Å². The number of nitrogens with zero attached hydrogens (tertiary/aromatic N) is 4. The molecule has 0 bridgehead atoms.